The Morgan fingerprint density at radius 3 is 2.10 bits per heavy atom. The van der Waals surface area contributed by atoms with Gasteiger partial charge in [-0.25, -0.2) is 4.79 Å². The van der Waals surface area contributed by atoms with Crippen molar-refractivity contribution in [3.63, 3.8) is 0 Å². The summed E-state index contributed by atoms with van der Waals surface area (Å²) in [6.07, 6.45) is 9.24. The van der Waals surface area contributed by atoms with Gasteiger partial charge in [0.2, 0.25) is 0 Å². The fourth-order valence-corrected chi connectivity index (χ4v) is 2.13. The topological polar surface area (TPSA) is 35.5 Å². The van der Waals surface area contributed by atoms with E-state index in [-0.39, 0.29) is 0 Å². The maximum atomic E-state index is 11.6. The Bertz CT molecular complexity index is 243. The summed E-state index contributed by atoms with van der Waals surface area (Å²) < 4.78 is 10.4. The third-order valence-electron chi connectivity index (χ3n) is 3.26. The summed E-state index contributed by atoms with van der Waals surface area (Å²) in [5.74, 6) is 0.485. The summed E-state index contributed by atoms with van der Waals surface area (Å²) in [5.41, 5.74) is -0.475. The van der Waals surface area contributed by atoms with Gasteiger partial charge < -0.3 is 9.47 Å². The molecule has 1 unspecified atom stereocenters. The number of hydrogen-bond donors (Lipinski definition) is 0. The normalized spacial score (nSPS) is 13.1. The Morgan fingerprint density at radius 1 is 0.950 bits per heavy atom. The van der Waals surface area contributed by atoms with Crippen LogP contribution in [0.5, 0.6) is 0 Å². The molecular weight excluding hydrogens is 252 g/mol. The van der Waals surface area contributed by atoms with Gasteiger partial charge in [-0.15, -0.1) is 0 Å². The van der Waals surface area contributed by atoms with Crippen LogP contribution in [-0.4, -0.2) is 18.4 Å². The maximum Gasteiger partial charge on any atom is 0.508 e. The molecule has 0 aliphatic rings. The van der Waals surface area contributed by atoms with Crippen molar-refractivity contribution in [1.29, 1.82) is 0 Å². The van der Waals surface area contributed by atoms with E-state index in [2.05, 4.69) is 13.8 Å². The minimum Gasteiger partial charge on any atom is -0.434 e. The zero-order valence-electron chi connectivity index (χ0n) is 14.2. The molecule has 0 aliphatic heterocycles. The summed E-state index contributed by atoms with van der Waals surface area (Å²) in [5, 5.41) is 0. The van der Waals surface area contributed by atoms with E-state index < -0.39 is 11.8 Å². The molecule has 20 heavy (non-hydrogen) atoms. The van der Waals surface area contributed by atoms with E-state index in [4.69, 9.17) is 9.47 Å². The SMILES string of the molecule is CCCCCCC(CCCC)COC(=O)OC(C)(C)C. The first-order chi connectivity index (χ1) is 9.39. The monoisotopic (exact) mass is 286 g/mol. The van der Waals surface area contributed by atoms with Crippen molar-refractivity contribution < 1.29 is 14.3 Å². The molecule has 3 nitrogen and oxygen atoms in total. The van der Waals surface area contributed by atoms with E-state index in [9.17, 15) is 4.79 Å². The predicted molar refractivity (Wildman–Crippen MR) is 84.0 cm³/mol. The van der Waals surface area contributed by atoms with Crippen LogP contribution in [0.25, 0.3) is 0 Å². The van der Waals surface area contributed by atoms with E-state index in [1.54, 1.807) is 0 Å². The standard InChI is InChI=1S/C17H34O3/c1-6-8-10-11-13-15(12-9-7-2)14-19-16(18)20-17(3,4)5/h15H,6-14H2,1-5H3. The number of unbranched alkanes of at least 4 members (excludes halogenated alkanes) is 4. The molecule has 0 bridgehead atoms. The second kappa shape index (κ2) is 11.0. The Balaban J connectivity index is 3.98. The van der Waals surface area contributed by atoms with Gasteiger partial charge in [-0.2, -0.15) is 0 Å². The number of ether oxygens (including phenoxy) is 2. The second-order valence-electron chi connectivity index (χ2n) is 6.63. The highest BCUT2D eigenvalue weighted by atomic mass is 16.7. The Morgan fingerprint density at radius 2 is 1.55 bits per heavy atom. The number of carbonyl (C=O) groups is 1. The molecule has 120 valence electrons. The molecule has 0 saturated heterocycles. The Labute approximate surface area is 125 Å². The first-order valence-electron chi connectivity index (χ1n) is 8.24. The lowest BCUT2D eigenvalue weighted by atomic mass is 9.96. The molecule has 0 rings (SSSR count). The number of hydrogen-bond acceptors (Lipinski definition) is 3. The average molecular weight is 286 g/mol. The molecule has 0 aromatic rings. The van der Waals surface area contributed by atoms with Crippen LogP contribution in [-0.2, 0) is 9.47 Å². The molecule has 0 amide bonds. The number of rotatable bonds is 10. The number of carbonyl (C=O) groups excluding carboxylic acids is 1. The molecule has 0 saturated carbocycles. The molecule has 0 aromatic heterocycles. The predicted octanol–water partition coefficient (Wildman–Crippen LogP) is 5.71. The first-order valence-corrected chi connectivity index (χ1v) is 8.24. The van der Waals surface area contributed by atoms with E-state index in [0.29, 0.717) is 12.5 Å². The highest BCUT2D eigenvalue weighted by molar-refractivity contribution is 5.60. The van der Waals surface area contributed by atoms with E-state index >= 15 is 0 Å². The smallest absolute Gasteiger partial charge is 0.434 e. The Hall–Kier alpha value is -0.730. The quantitative estimate of drug-likeness (QED) is 0.381. The molecule has 1 atom stereocenters. The first kappa shape index (κ1) is 19.3. The molecule has 0 fully saturated rings. The molecule has 0 radical (unpaired) electrons. The average Bonchev–Trinajstić information content (AvgIpc) is 2.34. The zero-order chi connectivity index (χ0) is 15.4. The Kier molecular flexibility index (Phi) is 10.6. The molecule has 0 aliphatic carbocycles. The van der Waals surface area contributed by atoms with Gasteiger partial charge in [0.15, 0.2) is 0 Å². The van der Waals surface area contributed by atoms with Crippen LogP contribution in [0.2, 0.25) is 0 Å². The summed E-state index contributed by atoms with van der Waals surface area (Å²) >= 11 is 0. The van der Waals surface area contributed by atoms with Gasteiger partial charge in [0.05, 0.1) is 6.61 Å². The lowest BCUT2D eigenvalue weighted by Crippen LogP contribution is -2.26. The van der Waals surface area contributed by atoms with Gasteiger partial charge in [-0.05, 0) is 39.5 Å². The summed E-state index contributed by atoms with van der Waals surface area (Å²) in [4.78, 5) is 11.6. The maximum absolute atomic E-state index is 11.6. The minimum atomic E-state index is -0.535. The van der Waals surface area contributed by atoms with Gasteiger partial charge in [0, 0.05) is 0 Å². The van der Waals surface area contributed by atoms with E-state index in [1.165, 1.54) is 38.5 Å². The highest BCUT2D eigenvalue weighted by Crippen LogP contribution is 2.18. The highest BCUT2D eigenvalue weighted by Gasteiger charge is 2.19. The van der Waals surface area contributed by atoms with Crippen molar-refractivity contribution in [1.82, 2.24) is 0 Å². The third-order valence-corrected chi connectivity index (χ3v) is 3.26. The molecule has 0 spiro atoms. The van der Waals surface area contributed by atoms with Crippen molar-refractivity contribution in [3.05, 3.63) is 0 Å². The van der Waals surface area contributed by atoms with Gasteiger partial charge in [0.1, 0.15) is 5.60 Å². The molecule has 0 heterocycles. The van der Waals surface area contributed by atoms with Crippen LogP contribution in [0.1, 0.15) is 86.0 Å². The fraction of sp³-hybridized carbons (Fsp3) is 0.941. The van der Waals surface area contributed by atoms with Crippen LogP contribution in [0.15, 0.2) is 0 Å². The van der Waals surface area contributed by atoms with Crippen molar-refractivity contribution in [2.75, 3.05) is 6.61 Å². The van der Waals surface area contributed by atoms with Crippen LogP contribution < -0.4 is 0 Å². The van der Waals surface area contributed by atoms with Gasteiger partial charge >= 0.3 is 6.16 Å². The molecule has 3 heteroatoms. The lowest BCUT2D eigenvalue weighted by molar-refractivity contribution is -0.0143. The van der Waals surface area contributed by atoms with Crippen LogP contribution in [0.4, 0.5) is 4.79 Å². The third kappa shape index (κ3) is 12.3. The van der Waals surface area contributed by atoms with Gasteiger partial charge in [-0.1, -0.05) is 52.4 Å². The molecular formula is C17H34O3. The van der Waals surface area contributed by atoms with Gasteiger partial charge in [0.25, 0.3) is 0 Å². The summed E-state index contributed by atoms with van der Waals surface area (Å²) in [6, 6.07) is 0. The van der Waals surface area contributed by atoms with Crippen molar-refractivity contribution in [2.24, 2.45) is 5.92 Å². The minimum absolute atomic E-state index is 0.475. The molecule has 0 N–H and O–H groups in total. The van der Waals surface area contributed by atoms with Crippen molar-refractivity contribution >= 4 is 6.16 Å². The van der Waals surface area contributed by atoms with Crippen molar-refractivity contribution in [2.45, 2.75) is 91.6 Å². The van der Waals surface area contributed by atoms with E-state index in [0.717, 1.165) is 12.8 Å². The van der Waals surface area contributed by atoms with E-state index in [1.807, 2.05) is 20.8 Å². The van der Waals surface area contributed by atoms with Crippen LogP contribution in [0, 0.1) is 5.92 Å². The second-order valence-corrected chi connectivity index (χ2v) is 6.63. The van der Waals surface area contributed by atoms with Crippen molar-refractivity contribution in [3.8, 4) is 0 Å². The lowest BCUT2D eigenvalue weighted by Gasteiger charge is -2.21. The zero-order valence-corrected chi connectivity index (χ0v) is 14.2. The summed E-state index contributed by atoms with van der Waals surface area (Å²) in [6.45, 7) is 10.5. The fourth-order valence-electron chi connectivity index (χ4n) is 2.13. The largest absolute Gasteiger partial charge is 0.508 e. The van der Waals surface area contributed by atoms with Gasteiger partial charge in [-0.3, -0.25) is 0 Å². The molecule has 0 aromatic carbocycles. The van der Waals surface area contributed by atoms with Crippen LogP contribution in [0.3, 0.4) is 0 Å². The summed E-state index contributed by atoms with van der Waals surface area (Å²) in [7, 11) is 0. The van der Waals surface area contributed by atoms with Crippen LogP contribution >= 0.6 is 0 Å².